The maximum atomic E-state index is 5.95. The lowest BCUT2D eigenvalue weighted by Crippen LogP contribution is -2.38. The summed E-state index contributed by atoms with van der Waals surface area (Å²) in [5.41, 5.74) is 1.35. The summed E-state index contributed by atoms with van der Waals surface area (Å²) in [5, 5.41) is 0. The van der Waals surface area contributed by atoms with E-state index in [1.54, 1.807) is 24.3 Å². The molecule has 6 heteroatoms. The Labute approximate surface area is 148 Å². The number of hydrogen-bond acceptors (Lipinski definition) is 6. The fraction of sp³-hybridized carbons (Fsp3) is 0.368. The number of benzene rings is 2. The van der Waals surface area contributed by atoms with Gasteiger partial charge in [0.2, 0.25) is 0 Å². The normalized spacial score (nSPS) is 12.2. The van der Waals surface area contributed by atoms with Crippen LogP contribution in [0.5, 0.6) is 5.75 Å². The highest BCUT2D eigenvalue weighted by molar-refractivity contribution is 5.29. The largest absolute Gasteiger partial charge is 0.435 e. The summed E-state index contributed by atoms with van der Waals surface area (Å²) >= 11 is 0. The average molecular weight is 348 g/mol. The van der Waals surface area contributed by atoms with Gasteiger partial charge in [-0.3, -0.25) is 0 Å². The minimum atomic E-state index is -1.38. The van der Waals surface area contributed by atoms with Gasteiger partial charge in [0, 0.05) is 41.1 Å². The molecule has 0 aromatic heterocycles. The highest BCUT2D eigenvalue weighted by atomic mass is 16.9. The van der Waals surface area contributed by atoms with Crippen molar-refractivity contribution in [2.24, 2.45) is 0 Å². The van der Waals surface area contributed by atoms with Crippen molar-refractivity contribution in [2.75, 3.05) is 35.5 Å². The van der Waals surface area contributed by atoms with Crippen LogP contribution >= 0.6 is 0 Å². The molecular weight excluding hydrogens is 324 g/mol. The second kappa shape index (κ2) is 8.42. The number of hydrogen-bond donors (Lipinski definition) is 0. The minimum Gasteiger partial charge on any atom is -0.435 e. The predicted octanol–water partition coefficient (Wildman–Crippen LogP) is 3.22. The number of rotatable bonds is 9. The Hall–Kier alpha value is -1.96. The van der Waals surface area contributed by atoms with Crippen LogP contribution in [0.15, 0.2) is 54.6 Å². The second-order valence-corrected chi connectivity index (χ2v) is 5.13. The quantitative estimate of drug-likeness (QED) is 0.649. The van der Waals surface area contributed by atoms with E-state index < -0.39 is 11.9 Å². The van der Waals surface area contributed by atoms with Crippen molar-refractivity contribution in [3.63, 3.8) is 0 Å². The van der Waals surface area contributed by atoms with E-state index >= 15 is 0 Å². The summed E-state index contributed by atoms with van der Waals surface area (Å²) < 4.78 is 33.1. The summed E-state index contributed by atoms with van der Waals surface area (Å²) in [6, 6.07) is 16.5. The molecule has 0 saturated heterocycles. The van der Waals surface area contributed by atoms with Crippen LogP contribution in [0.1, 0.15) is 11.1 Å². The topological polar surface area (TPSA) is 55.4 Å². The molecule has 136 valence electrons. The van der Waals surface area contributed by atoms with E-state index in [0.29, 0.717) is 16.9 Å². The molecule has 0 atom stereocenters. The lowest BCUT2D eigenvalue weighted by molar-refractivity contribution is -0.364. The summed E-state index contributed by atoms with van der Waals surface area (Å²) in [6.45, 7) is 0. The van der Waals surface area contributed by atoms with E-state index in [-0.39, 0.29) is 0 Å². The zero-order chi connectivity index (χ0) is 18.3. The van der Waals surface area contributed by atoms with Crippen molar-refractivity contribution >= 4 is 0 Å². The van der Waals surface area contributed by atoms with Crippen LogP contribution < -0.4 is 4.74 Å². The van der Waals surface area contributed by atoms with Crippen LogP contribution in [0.2, 0.25) is 0 Å². The van der Waals surface area contributed by atoms with Crippen LogP contribution in [0.4, 0.5) is 0 Å². The Kier molecular flexibility index (Phi) is 6.52. The molecule has 0 amide bonds. The molecule has 2 aromatic carbocycles. The molecule has 6 nitrogen and oxygen atoms in total. The molecule has 2 rings (SSSR count). The van der Waals surface area contributed by atoms with Crippen molar-refractivity contribution in [2.45, 2.75) is 11.9 Å². The lowest BCUT2D eigenvalue weighted by atomic mass is 10.1. The van der Waals surface area contributed by atoms with Crippen molar-refractivity contribution in [1.82, 2.24) is 0 Å². The van der Waals surface area contributed by atoms with Gasteiger partial charge in [-0.15, -0.1) is 0 Å². The molecule has 0 fully saturated rings. The van der Waals surface area contributed by atoms with Crippen LogP contribution in [-0.4, -0.2) is 35.5 Å². The molecule has 0 aliphatic carbocycles. The van der Waals surface area contributed by atoms with Crippen LogP contribution in [0.3, 0.4) is 0 Å². The smallest absolute Gasteiger partial charge is 0.355 e. The maximum absolute atomic E-state index is 5.95. The van der Waals surface area contributed by atoms with E-state index in [2.05, 4.69) is 0 Å². The van der Waals surface area contributed by atoms with Gasteiger partial charge in [0.15, 0.2) is 0 Å². The van der Waals surface area contributed by atoms with Gasteiger partial charge in [0.1, 0.15) is 5.75 Å². The number of ether oxygens (including phenoxy) is 6. The third-order valence-electron chi connectivity index (χ3n) is 3.93. The Bertz CT molecular complexity index is 624. The summed E-state index contributed by atoms with van der Waals surface area (Å²) in [7, 11) is 7.56. The first kappa shape index (κ1) is 19.4. The molecule has 0 radical (unpaired) electrons. The summed E-state index contributed by atoms with van der Waals surface area (Å²) in [4.78, 5) is 0. The molecule has 0 unspecified atom stereocenters. The minimum absolute atomic E-state index is 0.621. The van der Waals surface area contributed by atoms with Gasteiger partial charge in [-0.2, -0.15) is 0 Å². The van der Waals surface area contributed by atoms with E-state index in [1.165, 1.54) is 35.5 Å². The Morgan fingerprint density at radius 2 is 0.920 bits per heavy atom. The van der Waals surface area contributed by atoms with E-state index in [4.69, 9.17) is 28.4 Å². The Morgan fingerprint density at radius 3 is 1.32 bits per heavy atom. The monoisotopic (exact) mass is 348 g/mol. The zero-order valence-corrected chi connectivity index (χ0v) is 15.1. The molecule has 0 bridgehead atoms. The third kappa shape index (κ3) is 3.84. The first-order chi connectivity index (χ1) is 12.1. The van der Waals surface area contributed by atoms with Gasteiger partial charge in [0.05, 0.1) is 5.56 Å². The van der Waals surface area contributed by atoms with E-state index in [1.807, 2.05) is 30.3 Å². The third-order valence-corrected chi connectivity index (χ3v) is 3.93. The van der Waals surface area contributed by atoms with Gasteiger partial charge in [0.25, 0.3) is 0 Å². The second-order valence-electron chi connectivity index (χ2n) is 5.13. The molecule has 0 spiro atoms. The number of methoxy groups -OCH3 is 5. The van der Waals surface area contributed by atoms with E-state index in [0.717, 1.165) is 0 Å². The standard InChI is InChI=1S/C19H24O6/c1-20-18(21-2,22-3)15-11-13-16(14-12-15)19(23-4,24-5)25-17-9-7-6-8-10-17/h6-14H,1-5H3. The van der Waals surface area contributed by atoms with Crippen molar-refractivity contribution in [3.8, 4) is 5.75 Å². The Morgan fingerprint density at radius 1 is 0.520 bits per heavy atom. The van der Waals surface area contributed by atoms with Gasteiger partial charge in [-0.25, -0.2) is 0 Å². The Balaban J connectivity index is 2.36. The fourth-order valence-electron chi connectivity index (χ4n) is 2.59. The highest BCUT2D eigenvalue weighted by Gasteiger charge is 2.37. The van der Waals surface area contributed by atoms with Crippen molar-refractivity contribution in [1.29, 1.82) is 0 Å². The molecule has 2 aromatic rings. The summed E-state index contributed by atoms with van der Waals surface area (Å²) in [6.07, 6.45) is 0. The summed E-state index contributed by atoms with van der Waals surface area (Å²) in [5.74, 6) is -2.03. The SMILES string of the molecule is COC(OC)(OC)c1ccc(C(OC)(OC)Oc2ccccc2)cc1. The van der Waals surface area contributed by atoms with Gasteiger partial charge >= 0.3 is 11.9 Å². The number of para-hydroxylation sites is 1. The molecule has 25 heavy (non-hydrogen) atoms. The van der Waals surface area contributed by atoms with Crippen LogP contribution in [-0.2, 0) is 35.6 Å². The van der Waals surface area contributed by atoms with Gasteiger partial charge in [-0.1, -0.05) is 30.3 Å². The van der Waals surface area contributed by atoms with Crippen molar-refractivity contribution < 1.29 is 28.4 Å². The molecule has 0 saturated carbocycles. The molecular formula is C19H24O6. The fourth-order valence-corrected chi connectivity index (χ4v) is 2.59. The van der Waals surface area contributed by atoms with E-state index in [9.17, 15) is 0 Å². The maximum Gasteiger partial charge on any atom is 0.355 e. The van der Waals surface area contributed by atoms with Gasteiger partial charge in [-0.05, 0) is 24.3 Å². The molecule has 0 heterocycles. The van der Waals surface area contributed by atoms with Crippen LogP contribution in [0.25, 0.3) is 0 Å². The van der Waals surface area contributed by atoms with Gasteiger partial charge < -0.3 is 28.4 Å². The first-order valence-corrected chi connectivity index (χ1v) is 7.70. The zero-order valence-electron chi connectivity index (χ0n) is 15.1. The molecule has 0 N–H and O–H groups in total. The lowest BCUT2D eigenvalue weighted by Gasteiger charge is -2.32. The molecule has 0 aliphatic heterocycles. The first-order valence-electron chi connectivity index (χ1n) is 7.70. The van der Waals surface area contributed by atoms with Crippen LogP contribution in [0, 0.1) is 0 Å². The van der Waals surface area contributed by atoms with Crippen molar-refractivity contribution in [3.05, 3.63) is 65.7 Å². The predicted molar refractivity (Wildman–Crippen MR) is 91.9 cm³/mol. The highest BCUT2D eigenvalue weighted by Crippen LogP contribution is 2.33. The average Bonchev–Trinajstić information content (AvgIpc) is 2.69. The molecule has 0 aliphatic rings.